The number of pyridine rings is 1. The summed E-state index contributed by atoms with van der Waals surface area (Å²) in [5.41, 5.74) is 1.43. The van der Waals surface area contributed by atoms with E-state index in [1.54, 1.807) is 22.9 Å². The standard InChI is InChI=1S/C14H16N2O3/c1-2-16-9-11(4-6-14(16)19)15-8-10-3-5-12(17)7-13(10)18/h3-7,9,15,17-18H,2,8H2,1H3. The first kappa shape index (κ1) is 13.0. The number of aromatic nitrogens is 1. The zero-order valence-corrected chi connectivity index (χ0v) is 10.6. The van der Waals surface area contributed by atoms with Crippen molar-refractivity contribution in [2.45, 2.75) is 20.0 Å². The second-order valence-electron chi connectivity index (χ2n) is 4.21. The fraction of sp³-hybridized carbons (Fsp3) is 0.214. The average molecular weight is 260 g/mol. The molecular formula is C14H16N2O3. The molecule has 5 nitrogen and oxygen atoms in total. The SMILES string of the molecule is CCn1cc(NCc2ccc(O)cc2O)ccc1=O. The Kier molecular flexibility index (Phi) is 3.75. The number of aryl methyl sites for hydroxylation is 1. The van der Waals surface area contributed by atoms with E-state index in [-0.39, 0.29) is 17.1 Å². The molecular weight excluding hydrogens is 244 g/mol. The molecule has 2 aromatic rings. The van der Waals surface area contributed by atoms with Crippen molar-refractivity contribution in [1.82, 2.24) is 4.57 Å². The van der Waals surface area contributed by atoms with Gasteiger partial charge in [0.2, 0.25) is 0 Å². The van der Waals surface area contributed by atoms with E-state index in [4.69, 9.17) is 0 Å². The molecule has 0 aliphatic rings. The molecule has 0 amide bonds. The van der Waals surface area contributed by atoms with Gasteiger partial charge in [0, 0.05) is 37.0 Å². The number of aromatic hydroxyl groups is 2. The van der Waals surface area contributed by atoms with Crippen molar-refractivity contribution < 1.29 is 10.2 Å². The zero-order chi connectivity index (χ0) is 13.8. The van der Waals surface area contributed by atoms with Gasteiger partial charge in [-0.25, -0.2) is 0 Å². The number of phenolic OH excluding ortho intramolecular Hbond substituents is 2. The maximum Gasteiger partial charge on any atom is 0.250 e. The summed E-state index contributed by atoms with van der Waals surface area (Å²) in [4.78, 5) is 11.4. The minimum atomic E-state index is -0.0412. The minimum Gasteiger partial charge on any atom is -0.508 e. The molecule has 0 aliphatic carbocycles. The smallest absolute Gasteiger partial charge is 0.250 e. The van der Waals surface area contributed by atoms with Crippen LogP contribution in [-0.4, -0.2) is 14.8 Å². The molecule has 100 valence electrons. The summed E-state index contributed by atoms with van der Waals surface area (Å²) in [6.45, 7) is 2.92. The van der Waals surface area contributed by atoms with Gasteiger partial charge in [-0.3, -0.25) is 4.79 Å². The van der Waals surface area contributed by atoms with Crippen LogP contribution in [0.4, 0.5) is 5.69 Å². The van der Waals surface area contributed by atoms with Crippen LogP contribution in [0.1, 0.15) is 12.5 Å². The van der Waals surface area contributed by atoms with Crippen LogP contribution in [-0.2, 0) is 13.1 Å². The molecule has 1 aromatic heterocycles. The summed E-state index contributed by atoms with van der Waals surface area (Å²) < 4.78 is 1.60. The second-order valence-corrected chi connectivity index (χ2v) is 4.21. The van der Waals surface area contributed by atoms with E-state index >= 15 is 0 Å². The van der Waals surface area contributed by atoms with Gasteiger partial charge in [0.15, 0.2) is 0 Å². The molecule has 0 bridgehead atoms. The highest BCUT2D eigenvalue weighted by Gasteiger charge is 2.03. The van der Waals surface area contributed by atoms with Crippen LogP contribution in [0.15, 0.2) is 41.3 Å². The Balaban J connectivity index is 2.12. The van der Waals surface area contributed by atoms with Crippen LogP contribution in [0, 0.1) is 0 Å². The Hall–Kier alpha value is -2.43. The van der Waals surface area contributed by atoms with Crippen LogP contribution in [0.5, 0.6) is 11.5 Å². The van der Waals surface area contributed by atoms with Gasteiger partial charge >= 0.3 is 0 Å². The summed E-state index contributed by atoms with van der Waals surface area (Å²) in [6.07, 6.45) is 1.74. The van der Waals surface area contributed by atoms with Gasteiger partial charge in [-0.2, -0.15) is 0 Å². The van der Waals surface area contributed by atoms with Crippen molar-refractivity contribution >= 4 is 5.69 Å². The zero-order valence-electron chi connectivity index (χ0n) is 10.6. The Morgan fingerprint density at radius 3 is 2.68 bits per heavy atom. The van der Waals surface area contributed by atoms with Crippen LogP contribution < -0.4 is 10.9 Å². The highest BCUT2D eigenvalue weighted by Crippen LogP contribution is 2.23. The number of benzene rings is 1. The number of nitrogens with zero attached hydrogens (tertiary/aromatic N) is 1. The van der Waals surface area contributed by atoms with E-state index in [0.29, 0.717) is 18.7 Å². The number of phenols is 2. The van der Waals surface area contributed by atoms with Gasteiger partial charge in [0.05, 0.1) is 5.69 Å². The number of hydrogen-bond donors (Lipinski definition) is 3. The van der Waals surface area contributed by atoms with Gasteiger partial charge in [0.1, 0.15) is 11.5 Å². The van der Waals surface area contributed by atoms with E-state index < -0.39 is 0 Å². The third kappa shape index (κ3) is 3.07. The number of anilines is 1. The fourth-order valence-corrected chi connectivity index (χ4v) is 1.78. The van der Waals surface area contributed by atoms with Gasteiger partial charge in [-0.1, -0.05) is 0 Å². The molecule has 0 saturated heterocycles. The summed E-state index contributed by atoms with van der Waals surface area (Å²) >= 11 is 0. The molecule has 2 rings (SSSR count). The van der Waals surface area contributed by atoms with Crippen molar-refractivity contribution in [3.8, 4) is 11.5 Å². The fourth-order valence-electron chi connectivity index (χ4n) is 1.78. The Bertz CT molecular complexity index is 635. The third-order valence-electron chi connectivity index (χ3n) is 2.88. The molecule has 3 N–H and O–H groups in total. The van der Waals surface area contributed by atoms with Crippen LogP contribution >= 0.6 is 0 Å². The first-order valence-corrected chi connectivity index (χ1v) is 6.05. The molecule has 0 atom stereocenters. The Morgan fingerprint density at radius 2 is 2.00 bits per heavy atom. The molecule has 0 radical (unpaired) electrons. The first-order chi connectivity index (χ1) is 9.10. The summed E-state index contributed by atoms with van der Waals surface area (Å²) in [6, 6.07) is 7.66. The lowest BCUT2D eigenvalue weighted by atomic mass is 10.2. The summed E-state index contributed by atoms with van der Waals surface area (Å²) in [5.74, 6) is 0.0668. The lowest BCUT2D eigenvalue weighted by molar-refractivity contribution is 0.446. The highest BCUT2D eigenvalue weighted by molar-refractivity contribution is 5.45. The molecule has 0 fully saturated rings. The predicted octanol–water partition coefficient (Wildman–Crippen LogP) is 1.89. The van der Waals surface area contributed by atoms with E-state index in [1.165, 1.54) is 18.2 Å². The normalized spacial score (nSPS) is 10.4. The topological polar surface area (TPSA) is 74.5 Å². The van der Waals surface area contributed by atoms with Gasteiger partial charge in [-0.15, -0.1) is 0 Å². The monoisotopic (exact) mass is 260 g/mol. The Morgan fingerprint density at radius 1 is 1.21 bits per heavy atom. The van der Waals surface area contributed by atoms with Gasteiger partial charge in [-0.05, 0) is 25.1 Å². The van der Waals surface area contributed by atoms with E-state index in [2.05, 4.69) is 5.32 Å². The van der Waals surface area contributed by atoms with Gasteiger partial charge < -0.3 is 20.1 Å². The van der Waals surface area contributed by atoms with Crippen LogP contribution in [0.25, 0.3) is 0 Å². The van der Waals surface area contributed by atoms with Crippen LogP contribution in [0.3, 0.4) is 0 Å². The summed E-state index contributed by atoms with van der Waals surface area (Å²) in [5, 5.41) is 22.0. The van der Waals surface area contributed by atoms with Crippen molar-refractivity contribution in [2.24, 2.45) is 0 Å². The molecule has 1 heterocycles. The number of hydrogen-bond acceptors (Lipinski definition) is 4. The van der Waals surface area contributed by atoms with Crippen LogP contribution in [0.2, 0.25) is 0 Å². The molecule has 5 heteroatoms. The molecule has 19 heavy (non-hydrogen) atoms. The third-order valence-corrected chi connectivity index (χ3v) is 2.88. The molecule has 0 aliphatic heterocycles. The quantitative estimate of drug-likeness (QED) is 0.784. The summed E-state index contributed by atoms with van der Waals surface area (Å²) in [7, 11) is 0. The molecule has 1 aromatic carbocycles. The number of rotatable bonds is 4. The highest BCUT2D eigenvalue weighted by atomic mass is 16.3. The molecule has 0 spiro atoms. The van der Waals surface area contributed by atoms with E-state index in [9.17, 15) is 15.0 Å². The predicted molar refractivity (Wildman–Crippen MR) is 73.5 cm³/mol. The van der Waals surface area contributed by atoms with Gasteiger partial charge in [0.25, 0.3) is 5.56 Å². The molecule has 0 unspecified atom stereocenters. The van der Waals surface area contributed by atoms with Crippen molar-refractivity contribution in [3.63, 3.8) is 0 Å². The number of nitrogens with one attached hydrogen (secondary N) is 1. The minimum absolute atomic E-state index is 0.0285. The van der Waals surface area contributed by atoms with E-state index in [1.807, 2.05) is 6.92 Å². The largest absolute Gasteiger partial charge is 0.508 e. The van der Waals surface area contributed by atoms with Crippen molar-refractivity contribution in [2.75, 3.05) is 5.32 Å². The second kappa shape index (κ2) is 5.48. The maximum atomic E-state index is 11.4. The lowest BCUT2D eigenvalue weighted by Gasteiger charge is -2.10. The average Bonchev–Trinajstić information content (AvgIpc) is 2.39. The first-order valence-electron chi connectivity index (χ1n) is 6.05. The van der Waals surface area contributed by atoms with Crippen molar-refractivity contribution in [3.05, 3.63) is 52.4 Å². The molecule has 0 saturated carbocycles. The van der Waals surface area contributed by atoms with Crippen molar-refractivity contribution in [1.29, 1.82) is 0 Å². The van der Waals surface area contributed by atoms with E-state index in [0.717, 1.165) is 5.69 Å². The maximum absolute atomic E-state index is 11.4. The Labute approximate surface area is 110 Å². The lowest BCUT2D eigenvalue weighted by Crippen LogP contribution is -2.17.